The standard InChI is InChI=1S/C20H26N2/c1-21-16-6-3-2-5-15(16)20-12-14-22-13-4-7-18(17(20)22)8-10-19(20,21)11-9-18/h2-3,5-6,17H,4,7-14H2,1H3/t17-,18?,19?,20+/m1/s1. The van der Waals surface area contributed by atoms with Crippen LogP contribution in [0.5, 0.6) is 0 Å². The fourth-order valence-electron chi connectivity index (χ4n) is 7.98. The van der Waals surface area contributed by atoms with Gasteiger partial charge in [0.2, 0.25) is 0 Å². The number of fused-ring (bicyclic) bond motifs is 3. The smallest absolute Gasteiger partial charge is 0.0512 e. The SMILES string of the molecule is CN1c2ccccc2[C@]23CCN4CCCC5(CCC12CC5)[C@@H]43. The Labute approximate surface area is 133 Å². The molecular weight excluding hydrogens is 268 g/mol. The zero-order valence-corrected chi connectivity index (χ0v) is 13.6. The molecule has 2 saturated heterocycles. The van der Waals surface area contributed by atoms with Gasteiger partial charge in [0.15, 0.2) is 0 Å². The predicted molar refractivity (Wildman–Crippen MR) is 89.4 cm³/mol. The van der Waals surface area contributed by atoms with E-state index in [1.54, 1.807) is 11.3 Å². The van der Waals surface area contributed by atoms with Gasteiger partial charge in [-0.1, -0.05) is 18.2 Å². The number of para-hydroxylation sites is 1. The van der Waals surface area contributed by atoms with Crippen molar-refractivity contribution < 1.29 is 0 Å². The van der Waals surface area contributed by atoms with Gasteiger partial charge in [0, 0.05) is 24.2 Å². The number of benzene rings is 1. The van der Waals surface area contributed by atoms with Crippen LogP contribution in [0, 0.1) is 5.41 Å². The number of hydrogen-bond acceptors (Lipinski definition) is 2. The van der Waals surface area contributed by atoms with Gasteiger partial charge in [0.25, 0.3) is 0 Å². The number of likely N-dealkylation sites (N-methyl/N-ethyl adjacent to an activating group) is 1. The minimum absolute atomic E-state index is 0.426. The van der Waals surface area contributed by atoms with E-state index in [0.717, 1.165) is 6.04 Å². The van der Waals surface area contributed by atoms with Crippen LogP contribution in [0.1, 0.15) is 50.5 Å². The third-order valence-electron chi connectivity index (χ3n) is 8.62. The Morgan fingerprint density at radius 3 is 2.64 bits per heavy atom. The Balaban J connectivity index is 1.68. The molecule has 2 atom stereocenters. The van der Waals surface area contributed by atoms with Crippen molar-refractivity contribution in [1.29, 1.82) is 0 Å². The molecule has 22 heavy (non-hydrogen) atoms. The molecule has 3 aliphatic carbocycles. The van der Waals surface area contributed by atoms with Crippen LogP contribution in [0.15, 0.2) is 24.3 Å². The summed E-state index contributed by atoms with van der Waals surface area (Å²) in [6.45, 7) is 2.70. The molecule has 0 unspecified atom stereocenters. The lowest BCUT2D eigenvalue weighted by molar-refractivity contribution is -0.105. The summed E-state index contributed by atoms with van der Waals surface area (Å²) in [5.41, 5.74) is 4.77. The Morgan fingerprint density at radius 2 is 1.77 bits per heavy atom. The molecule has 0 amide bonds. The number of anilines is 1. The molecule has 2 nitrogen and oxygen atoms in total. The zero-order chi connectivity index (χ0) is 14.6. The maximum atomic E-state index is 2.91. The van der Waals surface area contributed by atoms with Gasteiger partial charge >= 0.3 is 0 Å². The molecule has 3 heterocycles. The first kappa shape index (κ1) is 12.4. The predicted octanol–water partition coefficient (Wildman–Crippen LogP) is 3.56. The quantitative estimate of drug-likeness (QED) is 0.722. The summed E-state index contributed by atoms with van der Waals surface area (Å²) in [5.74, 6) is 0. The molecule has 5 fully saturated rings. The van der Waals surface area contributed by atoms with Crippen molar-refractivity contribution in [1.82, 2.24) is 4.90 Å². The normalized spacial score (nSPS) is 48.2. The first-order valence-corrected chi connectivity index (χ1v) is 9.31. The summed E-state index contributed by atoms with van der Waals surface area (Å²) in [4.78, 5) is 5.63. The maximum Gasteiger partial charge on any atom is 0.0512 e. The third kappa shape index (κ3) is 1.01. The molecule has 3 spiro atoms. The highest BCUT2D eigenvalue weighted by Gasteiger charge is 2.76. The van der Waals surface area contributed by atoms with E-state index < -0.39 is 0 Å². The van der Waals surface area contributed by atoms with Crippen molar-refractivity contribution >= 4 is 5.69 Å². The van der Waals surface area contributed by atoms with Gasteiger partial charge in [-0.2, -0.15) is 0 Å². The molecule has 0 N–H and O–H groups in total. The highest BCUT2D eigenvalue weighted by Crippen LogP contribution is 2.73. The van der Waals surface area contributed by atoms with E-state index in [4.69, 9.17) is 0 Å². The van der Waals surface area contributed by atoms with Crippen molar-refractivity contribution in [2.24, 2.45) is 5.41 Å². The zero-order valence-electron chi connectivity index (χ0n) is 13.6. The first-order valence-electron chi connectivity index (χ1n) is 9.31. The van der Waals surface area contributed by atoms with E-state index in [2.05, 4.69) is 41.1 Å². The van der Waals surface area contributed by atoms with Gasteiger partial charge < -0.3 is 4.90 Å². The average Bonchev–Trinajstić information content (AvgIpc) is 3.07. The lowest BCUT2D eigenvalue weighted by Crippen LogP contribution is -2.74. The Morgan fingerprint density at radius 1 is 0.955 bits per heavy atom. The lowest BCUT2D eigenvalue weighted by Gasteiger charge is -2.68. The minimum atomic E-state index is 0.426. The van der Waals surface area contributed by atoms with E-state index in [0.29, 0.717) is 16.4 Å². The fourth-order valence-corrected chi connectivity index (χ4v) is 7.98. The summed E-state index contributed by atoms with van der Waals surface area (Å²) in [6, 6.07) is 10.2. The van der Waals surface area contributed by atoms with E-state index >= 15 is 0 Å². The van der Waals surface area contributed by atoms with Crippen molar-refractivity contribution in [2.45, 2.75) is 61.9 Å². The molecule has 0 aromatic heterocycles. The summed E-state index contributed by atoms with van der Waals surface area (Å²) in [5, 5.41) is 0. The van der Waals surface area contributed by atoms with Crippen molar-refractivity contribution in [3.8, 4) is 0 Å². The van der Waals surface area contributed by atoms with E-state index in [-0.39, 0.29) is 0 Å². The van der Waals surface area contributed by atoms with Crippen LogP contribution in [-0.4, -0.2) is 36.6 Å². The molecule has 3 saturated carbocycles. The van der Waals surface area contributed by atoms with Crippen LogP contribution >= 0.6 is 0 Å². The van der Waals surface area contributed by atoms with Crippen LogP contribution < -0.4 is 4.90 Å². The second-order valence-corrected chi connectivity index (χ2v) is 8.73. The number of nitrogens with zero attached hydrogens (tertiary/aromatic N) is 2. The van der Waals surface area contributed by atoms with Gasteiger partial charge in [-0.25, -0.2) is 0 Å². The number of piperidine rings is 1. The highest BCUT2D eigenvalue weighted by atomic mass is 15.3. The van der Waals surface area contributed by atoms with Gasteiger partial charge in [-0.15, -0.1) is 0 Å². The molecule has 6 aliphatic rings. The topological polar surface area (TPSA) is 6.48 Å². The first-order chi connectivity index (χ1) is 10.7. The summed E-state index contributed by atoms with van der Waals surface area (Å²) < 4.78 is 0. The highest BCUT2D eigenvalue weighted by molar-refractivity contribution is 5.69. The molecule has 1 aromatic rings. The fraction of sp³-hybridized carbons (Fsp3) is 0.700. The maximum absolute atomic E-state index is 2.91. The van der Waals surface area contributed by atoms with Gasteiger partial charge in [0.05, 0.1) is 5.54 Å². The third-order valence-corrected chi connectivity index (χ3v) is 8.62. The van der Waals surface area contributed by atoms with Crippen molar-refractivity contribution in [3.63, 3.8) is 0 Å². The van der Waals surface area contributed by atoms with Crippen LogP contribution in [0.2, 0.25) is 0 Å². The molecule has 1 aromatic carbocycles. The van der Waals surface area contributed by atoms with Crippen LogP contribution in [0.4, 0.5) is 5.69 Å². The summed E-state index contributed by atoms with van der Waals surface area (Å²) in [7, 11) is 2.40. The molecule has 0 radical (unpaired) electrons. The van der Waals surface area contributed by atoms with Crippen molar-refractivity contribution in [3.05, 3.63) is 29.8 Å². The van der Waals surface area contributed by atoms with Crippen LogP contribution in [0.25, 0.3) is 0 Å². The molecule has 3 aliphatic heterocycles. The second kappa shape index (κ2) is 3.56. The number of hydrogen-bond donors (Lipinski definition) is 0. The molecule has 2 heteroatoms. The Kier molecular flexibility index (Phi) is 2.01. The summed E-state index contributed by atoms with van der Waals surface area (Å²) >= 11 is 0. The number of rotatable bonds is 0. The second-order valence-electron chi connectivity index (χ2n) is 8.73. The van der Waals surface area contributed by atoms with E-state index in [1.807, 2.05) is 0 Å². The Bertz CT molecular complexity index is 657. The van der Waals surface area contributed by atoms with E-state index in [9.17, 15) is 0 Å². The van der Waals surface area contributed by atoms with Crippen LogP contribution in [0.3, 0.4) is 0 Å². The van der Waals surface area contributed by atoms with Crippen LogP contribution in [-0.2, 0) is 5.41 Å². The Hall–Kier alpha value is -1.02. The average molecular weight is 294 g/mol. The molecule has 2 bridgehead atoms. The van der Waals surface area contributed by atoms with Gasteiger partial charge in [0.1, 0.15) is 0 Å². The largest absolute Gasteiger partial charge is 0.368 e. The molecule has 116 valence electrons. The molecular formula is C20H26N2. The summed E-state index contributed by atoms with van der Waals surface area (Å²) in [6.07, 6.45) is 10.2. The van der Waals surface area contributed by atoms with Crippen molar-refractivity contribution in [2.75, 3.05) is 25.0 Å². The monoisotopic (exact) mass is 294 g/mol. The minimum Gasteiger partial charge on any atom is -0.368 e. The van der Waals surface area contributed by atoms with E-state index in [1.165, 1.54) is 58.0 Å². The van der Waals surface area contributed by atoms with Gasteiger partial charge in [-0.3, -0.25) is 4.90 Å². The van der Waals surface area contributed by atoms with Gasteiger partial charge in [-0.05, 0) is 75.1 Å². The lowest BCUT2D eigenvalue weighted by atomic mass is 9.41. The molecule has 7 rings (SSSR count).